The summed E-state index contributed by atoms with van der Waals surface area (Å²) in [5.41, 5.74) is 1.52. The molecule has 1 N–H and O–H groups in total. The third kappa shape index (κ3) is 2.13. The second kappa shape index (κ2) is 4.69. The van der Waals surface area contributed by atoms with E-state index >= 15 is 0 Å². The summed E-state index contributed by atoms with van der Waals surface area (Å²) < 4.78 is 0. The maximum absolute atomic E-state index is 12.3. The van der Waals surface area contributed by atoms with Crippen molar-refractivity contribution in [1.82, 2.24) is 4.90 Å². The lowest BCUT2D eigenvalue weighted by Gasteiger charge is -2.27. The number of carboxylic acid groups (broad SMARTS) is 1. The molecule has 1 aliphatic heterocycles. The lowest BCUT2D eigenvalue weighted by atomic mass is 10.0. The fraction of sp³-hybridized carbons (Fsp3) is 0.385. The smallest absolute Gasteiger partial charge is 0.326 e. The van der Waals surface area contributed by atoms with Crippen LogP contribution in [0.15, 0.2) is 18.2 Å². The van der Waals surface area contributed by atoms with Crippen molar-refractivity contribution < 1.29 is 14.7 Å². The first-order valence-electron chi connectivity index (χ1n) is 5.84. The van der Waals surface area contributed by atoms with E-state index < -0.39 is 12.0 Å². The fourth-order valence-corrected chi connectivity index (χ4v) is 2.61. The maximum Gasteiger partial charge on any atom is 0.326 e. The van der Waals surface area contributed by atoms with Gasteiger partial charge in [-0.05, 0) is 22.9 Å². The number of hydrogen-bond acceptors (Lipinski definition) is 2. The van der Waals surface area contributed by atoms with Crippen molar-refractivity contribution in [1.29, 1.82) is 0 Å². The molecule has 1 aliphatic rings. The summed E-state index contributed by atoms with van der Waals surface area (Å²) in [6.45, 7) is 4.01. The summed E-state index contributed by atoms with van der Waals surface area (Å²) in [7, 11) is 2.54. The van der Waals surface area contributed by atoms with E-state index in [1.165, 1.54) is 4.90 Å². The van der Waals surface area contributed by atoms with Crippen molar-refractivity contribution in [3.05, 3.63) is 29.3 Å². The van der Waals surface area contributed by atoms with Crippen LogP contribution in [0.3, 0.4) is 0 Å². The highest BCUT2D eigenvalue weighted by molar-refractivity contribution is 7.27. The lowest BCUT2D eigenvalue weighted by molar-refractivity contribution is -0.144. The first kappa shape index (κ1) is 13.0. The Morgan fingerprint density at radius 1 is 1.44 bits per heavy atom. The summed E-state index contributed by atoms with van der Waals surface area (Å²) in [4.78, 5) is 25.0. The van der Waals surface area contributed by atoms with Crippen LogP contribution in [0.5, 0.6) is 0 Å². The summed E-state index contributed by atoms with van der Waals surface area (Å²) >= 11 is 0. The van der Waals surface area contributed by atoms with Crippen LogP contribution in [0, 0.1) is 5.92 Å². The average Bonchev–Trinajstić information content (AvgIpc) is 2.56. The molecular formula is C13H16NO3P. The summed E-state index contributed by atoms with van der Waals surface area (Å²) in [5.74, 6) is -1.25. The Hall–Kier alpha value is -1.41. The van der Waals surface area contributed by atoms with Crippen molar-refractivity contribution in [3.8, 4) is 0 Å². The van der Waals surface area contributed by atoms with Crippen LogP contribution in [-0.4, -0.2) is 27.9 Å². The van der Waals surface area contributed by atoms with Gasteiger partial charge in [-0.3, -0.25) is 4.79 Å². The standard InChI is InChI=1S/C13H16NO3P/c1-7(2)11(13(16)17)14-6-8-3-4-9(18)5-10(8)12(14)15/h3-5,7,11H,6,18H2,1-2H3,(H,16,17). The Morgan fingerprint density at radius 3 is 2.67 bits per heavy atom. The van der Waals surface area contributed by atoms with Gasteiger partial charge in [-0.15, -0.1) is 9.24 Å². The molecule has 0 spiro atoms. The molecule has 1 aromatic carbocycles. The molecule has 0 bridgehead atoms. The Kier molecular flexibility index (Phi) is 3.40. The highest BCUT2D eigenvalue weighted by atomic mass is 31.0. The number of hydrogen-bond donors (Lipinski definition) is 1. The van der Waals surface area contributed by atoms with Crippen LogP contribution < -0.4 is 5.30 Å². The number of benzene rings is 1. The molecule has 2 atom stereocenters. The van der Waals surface area contributed by atoms with E-state index in [4.69, 9.17) is 0 Å². The molecule has 0 saturated heterocycles. The minimum absolute atomic E-state index is 0.115. The summed E-state index contributed by atoms with van der Waals surface area (Å²) in [6, 6.07) is 4.82. The predicted octanol–water partition coefficient (Wildman–Crippen LogP) is 1.25. The Bertz CT molecular complexity index is 513. The minimum Gasteiger partial charge on any atom is -0.480 e. The van der Waals surface area contributed by atoms with Crippen LogP contribution in [0.4, 0.5) is 0 Å². The first-order valence-corrected chi connectivity index (χ1v) is 6.41. The molecule has 0 saturated carbocycles. The van der Waals surface area contributed by atoms with Crippen molar-refractivity contribution in [2.45, 2.75) is 26.4 Å². The van der Waals surface area contributed by atoms with Crippen LogP contribution in [0.1, 0.15) is 29.8 Å². The van der Waals surface area contributed by atoms with Crippen LogP contribution in [-0.2, 0) is 11.3 Å². The van der Waals surface area contributed by atoms with Gasteiger partial charge in [0.15, 0.2) is 0 Å². The normalized spacial score (nSPS) is 16.0. The van der Waals surface area contributed by atoms with Crippen molar-refractivity contribution in [3.63, 3.8) is 0 Å². The van der Waals surface area contributed by atoms with Gasteiger partial charge < -0.3 is 10.0 Å². The molecule has 0 radical (unpaired) electrons. The fourth-order valence-electron chi connectivity index (χ4n) is 2.34. The minimum atomic E-state index is -0.947. The molecule has 5 heteroatoms. The molecule has 0 fully saturated rings. The number of aliphatic carboxylic acids is 1. The zero-order chi connectivity index (χ0) is 13.4. The number of amides is 1. The van der Waals surface area contributed by atoms with Gasteiger partial charge in [0.05, 0.1) is 0 Å². The number of rotatable bonds is 3. The Morgan fingerprint density at radius 2 is 2.11 bits per heavy atom. The summed E-state index contributed by atoms with van der Waals surface area (Å²) in [6.07, 6.45) is 0. The second-order valence-electron chi connectivity index (χ2n) is 4.88. The number of carbonyl (C=O) groups is 2. The van der Waals surface area contributed by atoms with Crippen molar-refractivity contribution in [2.24, 2.45) is 5.92 Å². The molecule has 1 heterocycles. The number of carbonyl (C=O) groups excluding carboxylic acids is 1. The number of fused-ring (bicyclic) bond motifs is 1. The molecule has 96 valence electrons. The van der Waals surface area contributed by atoms with E-state index in [1.54, 1.807) is 6.07 Å². The lowest BCUT2D eigenvalue weighted by Crippen LogP contribution is -2.44. The van der Waals surface area contributed by atoms with E-state index in [9.17, 15) is 14.7 Å². The molecule has 1 amide bonds. The maximum atomic E-state index is 12.3. The zero-order valence-electron chi connectivity index (χ0n) is 10.4. The van der Waals surface area contributed by atoms with Gasteiger partial charge in [-0.1, -0.05) is 26.0 Å². The monoisotopic (exact) mass is 265 g/mol. The van der Waals surface area contributed by atoms with Gasteiger partial charge in [0.25, 0.3) is 5.91 Å². The van der Waals surface area contributed by atoms with Crippen LogP contribution in [0.25, 0.3) is 0 Å². The van der Waals surface area contributed by atoms with E-state index in [-0.39, 0.29) is 11.8 Å². The molecule has 2 rings (SSSR count). The number of nitrogens with zero attached hydrogens (tertiary/aromatic N) is 1. The average molecular weight is 265 g/mol. The molecule has 1 aromatic rings. The van der Waals surface area contributed by atoms with E-state index in [1.807, 2.05) is 26.0 Å². The van der Waals surface area contributed by atoms with E-state index in [0.717, 1.165) is 10.9 Å². The van der Waals surface area contributed by atoms with Gasteiger partial charge in [0, 0.05) is 12.1 Å². The second-order valence-corrected chi connectivity index (χ2v) is 5.54. The third-order valence-corrected chi connectivity index (χ3v) is 3.55. The Balaban J connectivity index is 2.36. The highest BCUT2D eigenvalue weighted by Gasteiger charge is 2.37. The van der Waals surface area contributed by atoms with Crippen molar-refractivity contribution >= 4 is 26.4 Å². The topological polar surface area (TPSA) is 57.6 Å². The van der Waals surface area contributed by atoms with Crippen LogP contribution >= 0.6 is 9.24 Å². The van der Waals surface area contributed by atoms with Gasteiger partial charge in [0.1, 0.15) is 6.04 Å². The third-order valence-electron chi connectivity index (χ3n) is 3.19. The molecular weight excluding hydrogens is 249 g/mol. The van der Waals surface area contributed by atoms with Crippen LogP contribution in [0.2, 0.25) is 0 Å². The number of carboxylic acids is 1. The molecule has 4 nitrogen and oxygen atoms in total. The molecule has 0 aliphatic carbocycles. The van der Waals surface area contributed by atoms with E-state index in [2.05, 4.69) is 9.24 Å². The SMILES string of the molecule is CC(C)C(C(=O)O)N1Cc2ccc(P)cc2C1=O. The molecule has 18 heavy (non-hydrogen) atoms. The quantitative estimate of drug-likeness (QED) is 0.837. The first-order chi connectivity index (χ1) is 8.41. The van der Waals surface area contributed by atoms with Gasteiger partial charge >= 0.3 is 5.97 Å². The zero-order valence-corrected chi connectivity index (χ0v) is 11.5. The van der Waals surface area contributed by atoms with E-state index in [0.29, 0.717) is 12.1 Å². The van der Waals surface area contributed by atoms with Gasteiger partial charge in [0.2, 0.25) is 0 Å². The Labute approximate surface area is 108 Å². The summed E-state index contributed by atoms with van der Waals surface area (Å²) in [5, 5.41) is 10.2. The molecule has 0 aromatic heterocycles. The highest BCUT2D eigenvalue weighted by Crippen LogP contribution is 2.26. The predicted molar refractivity (Wildman–Crippen MR) is 71.9 cm³/mol. The van der Waals surface area contributed by atoms with Crippen molar-refractivity contribution in [2.75, 3.05) is 0 Å². The largest absolute Gasteiger partial charge is 0.480 e. The van der Waals surface area contributed by atoms with Gasteiger partial charge in [-0.2, -0.15) is 0 Å². The molecule has 2 unspecified atom stereocenters. The van der Waals surface area contributed by atoms with Gasteiger partial charge in [-0.25, -0.2) is 4.79 Å².